The van der Waals surface area contributed by atoms with Gasteiger partial charge in [-0.05, 0) is 39.1 Å². The van der Waals surface area contributed by atoms with Gasteiger partial charge in [-0.2, -0.15) is 0 Å². The van der Waals surface area contributed by atoms with Crippen molar-refractivity contribution in [1.29, 1.82) is 0 Å². The molecule has 2 atom stereocenters. The van der Waals surface area contributed by atoms with E-state index in [9.17, 15) is 15.0 Å². The number of hydrogen-bond acceptors (Lipinski definition) is 6. The number of hydrogen-bond donors (Lipinski definition) is 3. The van der Waals surface area contributed by atoms with Crippen LogP contribution in [0.1, 0.15) is 34.0 Å². The SMILES string of the molecule is CCOC(=O)c1ccc(C(O)C(O)CCNC)s1. The van der Waals surface area contributed by atoms with Crippen LogP contribution in [0.5, 0.6) is 0 Å². The summed E-state index contributed by atoms with van der Waals surface area (Å²) in [6.45, 7) is 2.68. The van der Waals surface area contributed by atoms with Crippen molar-refractivity contribution in [2.24, 2.45) is 0 Å². The van der Waals surface area contributed by atoms with Crippen LogP contribution in [0, 0.1) is 0 Å². The van der Waals surface area contributed by atoms with Gasteiger partial charge in [-0.15, -0.1) is 11.3 Å². The quantitative estimate of drug-likeness (QED) is 0.644. The van der Waals surface area contributed by atoms with Crippen molar-refractivity contribution in [2.45, 2.75) is 25.6 Å². The molecule has 0 bridgehead atoms. The van der Waals surface area contributed by atoms with Gasteiger partial charge in [-0.25, -0.2) is 4.79 Å². The number of aliphatic hydroxyl groups excluding tert-OH is 2. The molecule has 3 N–H and O–H groups in total. The summed E-state index contributed by atoms with van der Waals surface area (Å²) in [5.41, 5.74) is 0. The molecule has 1 aromatic rings. The van der Waals surface area contributed by atoms with Crippen molar-refractivity contribution in [3.63, 3.8) is 0 Å². The predicted molar refractivity (Wildman–Crippen MR) is 69.8 cm³/mol. The third kappa shape index (κ3) is 4.06. The molecule has 0 aromatic carbocycles. The lowest BCUT2D eigenvalue weighted by Gasteiger charge is -2.16. The molecule has 1 heterocycles. The van der Waals surface area contributed by atoms with Gasteiger partial charge in [0.1, 0.15) is 11.0 Å². The molecule has 0 amide bonds. The second-order valence-electron chi connectivity index (χ2n) is 3.83. The highest BCUT2D eigenvalue weighted by molar-refractivity contribution is 7.14. The molecule has 1 aromatic heterocycles. The summed E-state index contributed by atoms with van der Waals surface area (Å²) < 4.78 is 4.86. The Morgan fingerprint density at radius 2 is 2.22 bits per heavy atom. The fourth-order valence-corrected chi connectivity index (χ4v) is 2.41. The molecule has 5 nitrogen and oxygen atoms in total. The Labute approximate surface area is 110 Å². The highest BCUT2D eigenvalue weighted by atomic mass is 32.1. The Hall–Kier alpha value is -0.950. The monoisotopic (exact) mass is 273 g/mol. The van der Waals surface area contributed by atoms with Crippen molar-refractivity contribution >= 4 is 17.3 Å². The summed E-state index contributed by atoms with van der Waals surface area (Å²) in [6.07, 6.45) is -1.36. The topological polar surface area (TPSA) is 78.8 Å². The minimum Gasteiger partial charge on any atom is -0.462 e. The Balaban J connectivity index is 2.64. The van der Waals surface area contributed by atoms with Crippen LogP contribution in [0.3, 0.4) is 0 Å². The van der Waals surface area contributed by atoms with Crippen molar-refractivity contribution in [3.05, 3.63) is 21.9 Å². The molecule has 18 heavy (non-hydrogen) atoms. The summed E-state index contributed by atoms with van der Waals surface area (Å²) in [7, 11) is 1.78. The van der Waals surface area contributed by atoms with Crippen molar-refractivity contribution < 1.29 is 19.7 Å². The van der Waals surface area contributed by atoms with Crippen LogP contribution in [0.25, 0.3) is 0 Å². The van der Waals surface area contributed by atoms with Crippen LogP contribution in [0.2, 0.25) is 0 Å². The molecule has 0 aliphatic carbocycles. The standard InChI is InChI=1S/C12H19NO4S/c1-3-17-12(16)10-5-4-9(18-10)11(15)8(14)6-7-13-2/h4-5,8,11,13-15H,3,6-7H2,1-2H3. The van der Waals surface area contributed by atoms with Crippen LogP contribution in [-0.4, -0.2) is 42.5 Å². The molecule has 0 fully saturated rings. The molecule has 0 radical (unpaired) electrons. The predicted octanol–water partition coefficient (Wildman–Crippen LogP) is 0.929. The maximum Gasteiger partial charge on any atom is 0.348 e. The molecule has 0 saturated carbocycles. The highest BCUT2D eigenvalue weighted by Crippen LogP contribution is 2.27. The molecule has 1 rings (SSSR count). The lowest BCUT2D eigenvalue weighted by molar-refractivity contribution is 0.0161. The van der Waals surface area contributed by atoms with Gasteiger partial charge in [0.15, 0.2) is 0 Å². The molecular weight excluding hydrogens is 254 g/mol. The molecule has 102 valence electrons. The number of nitrogens with one attached hydrogen (secondary N) is 1. The number of aliphatic hydroxyl groups is 2. The van der Waals surface area contributed by atoms with Crippen LogP contribution in [-0.2, 0) is 4.74 Å². The average Bonchev–Trinajstić information content (AvgIpc) is 2.84. The number of ether oxygens (including phenoxy) is 1. The Morgan fingerprint density at radius 3 is 2.83 bits per heavy atom. The fourth-order valence-electron chi connectivity index (χ4n) is 1.46. The zero-order chi connectivity index (χ0) is 13.5. The number of rotatable bonds is 7. The molecule has 6 heteroatoms. The van der Waals surface area contributed by atoms with E-state index in [2.05, 4.69) is 5.32 Å². The van der Waals surface area contributed by atoms with Gasteiger partial charge >= 0.3 is 5.97 Å². The van der Waals surface area contributed by atoms with E-state index in [1.807, 2.05) is 0 Å². The molecule has 0 saturated heterocycles. The summed E-state index contributed by atoms with van der Waals surface area (Å²) >= 11 is 1.15. The first-order valence-electron chi connectivity index (χ1n) is 5.87. The highest BCUT2D eigenvalue weighted by Gasteiger charge is 2.21. The zero-order valence-corrected chi connectivity index (χ0v) is 11.4. The molecule has 0 aliphatic rings. The number of thiophene rings is 1. The summed E-state index contributed by atoms with van der Waals surface area (Å²) in [5, 5.41) is 22.6. The maximum atomic E-state index is 11.5. The Morgan fingerprint density at radius 1 is 1.50 bits per heavy atom. The molecule has 0 aliphatic heterocycles. The number of esters is 1. The van der Waals surface area contributed by atoms with Gasteiger partial charge in [-0.3, -0.25) is 0 Å². The summed E-state index contributed by atoms with van der Waals surface area (Å²) in [4.78, 5) is 12.5. The minimum atomic E-state index is -0.966. The van der Waals surface area contributed by atoms with E-state index in [1.165, 1.54) is 0 Å². The Bertz CT molecular complexity index is 380. The van der Waals surface area contributed by atoms with E-state index in [0.29, 0.717) is 29.3 Å². The van der Waals surface area contributed by atoms with Crippen LogP contribution in [0.4, 0.5) is 0 Å². The van der Waals surface area contributed by atoms with Crippen LogP contribution >= 0.6 is 11.3 Å². The van der Waals surface area contributed by atoms with Crippen molar-refractivity contribution in [3.8, 4) is 0 Å². The van der Waals surface area contributed by atoms with Crippen LogP contribution < -0.4 is 5.32 Å². The van der Waals surface area contributed by atoms with Crippen molar-refractivity contribution in [1.82, 2.24) is 5.32 Å². The molecule has 2 unspecified atom stereocenters. The third-order valence-corrected chi connectivity index (χ3v) is 3.59. The lowest BCUT2D eigenvalue weighted by atomic mass is 10.1. The van der Waals surface area contributed by atoms with Crippen LogP contribution in [0.15, 0.2) is 12.1 Å². The first-order chi connectivity index (χ1) is 8.60. The van der Waals surface area contributed by atoms with Gasteiger partial charge in [0.05, 0.1) is 12.7 Å². The fraction of sp³-hybridized carbons (Fsp3) is 0.583. The van der Waals surface area contributed by atoms with E-state index in [0.717, 1.165) is 11.3 Å². The van der Waals surface area contributed by atoms with Gasteiger partial charge in [0.2, 0.25) is 0 Å². The van der Waals surface area contributed by atoms with E-state index < -0.39 is 18.2 Å². The lowest BCUT2D eigenvalue weighted by Crippen LogP contribution is -2.22. The summed E-state index contributed by atoms with van der Waals surface area (Å²) in [6, 6.07) is 3.25. The first kappa shape index (κ1) is 15.1. The second kappa shape index (κ2) is 7.48. The minimum absolute atomic E-state index is 0.319. The van der Waals surface area contributed by atoms with Gasteiger partial charge in [0, 0.05) is 4.88 Å². The zero-order valence-electron chi connectivity index (χ0n) is 10.5. The second-order valence-corrected chi connectivity index (χ2v) is 4.94. The van der Waals surface area contributed by atoms with Gasteiger partial charge in [0.25, 0.3) is 0 Å². The third-order valence-electron chi connectivity index (χ3n) is 2.45. The van der Waals surface area contributed by atoms with E-state index in [4.69, 9.17) is 4.74 Å². The first-order valence-corrected chi connectivity index (χ1v) is 6.69. The molecule has 0 spiro atoms. The molecular formula is C12H19NO4S. The van der Waals surface area contributed by atoms with Crippen molar-refractivity contribution in [2.75, 3.05) is 20.2 Å². The normalized spacial score (nSPS) is 14.2. The van der Waals surface area contributed by atoms with E-state index >= 15 is 0 Å². The number of carbonyl (C=O) groups is 1. The Kier molecular flexibility index (Phi) is 6.28. The number of carbonyl (C=O) groups excluding carboxylic acids is 1. The van der Waals surface area contributed by atoms with Gasteiger partial charge in [-0.1, -0.05) is 0 Å². The van der Waals surface area contributed by atoms with E-state index in [-0.39, 0.29) is 0 Å². The van der Waals surface area contributed by atoms with Gasteiger partial charge < -0.3 is 20.3 Å². The largest absolute Gasteiger partial charge is 0.462 e. The maximum absolute atomic E-state index is 11.5. The average molecular weight is 273 g/mol. The van der Waals surface area contributed by atoms with E-state index in [1.54, 1.807) is 26.1 Å². The summed E-state index contributed by atoms with van der Waals surface area (Å²) in [5.74, 6) is -0.398. The smallest absolute Gasteiger partial charge is 0.348 e.